The second kappa shape index (κ2) is 7.11. The minimum atomic E-state index is 0.316. The molecule has 0 aliphatic carbocycles. The topological polar surface area (TPSA) is 21.3 Å². The van der Waals surface area contributed by atoms with E-state index in [1.54, 1.807) is 7.11 Å². The third-order valence-electron chi connectivity index (χ3n) is 3.69. The van der Waals surface area contributed by atoms with Crippen molar-refractivity contribution in [3.8, 4) is 5.75 Å². The quantitative estimate of drug-likeness (QED) is 0.850. The van der Waals surface area contributed by atoms with Crippen LogP contribution in [0.3, 0.4) is 0 Å². The van der Waals surface area contributed by atoms with Crippen molar-refractivity contribution in [3.63, 3.8) is 0 Å². The third kappa shape index (κ3) is 3.84. The van der Waals surface area contributed by atoms with E-state index in [1.807, 2.05) is 12.1 Å². The van der Waals surface area contributed by atoms with Crippen molar-refractivity contribution in [1.82, 2.24) is 5.32 Å². The van der Waals surface area contributed by atoms with Crippen LogP contribution in [0.1, 0.15) is 36.9 Å². The molecule has 0 saturated heterocycles. The standard InChI is InChI=1S/C18H23NO/c1-14(16-8-5-4-6-9-16)13-19-15(2)17-10-7-11-18(12-17)20-3/h4-12,14-15,19H,13H2,1-3H3/t14?,15-/m1/s1. The first kappa shape index (κ1) is 14.6. The highest BCUT2D eigenvalue weighted by Gasteiger charge is 2.09. The van der Waals surface area contributed by atoms with E-state index >= 15 is 0 Å². The van der Waals surface area contributed by atoms with E-state index in [1.165, 1.54) is 11.1 Å². The number of ether oxygens (including phenoxy) is 1. The minimum absolute atomic E-state index is 0.316. The number of methoxy groups -OCH3 is 1. The Morgan fingerprint density at radius 3 is 2.35 bits per heavy atom. The molecule has 0 aromatic heterocycles. The van der Waals surface area contributed by atoms with E-state index in [-0.39, 0.29) is 0 Å². The zero-order chi connectivity index (χ0) is 14.4. The smallest absolute Gasteiger partial charge is 0.119 e. The Labute approximate surface area is 121 Å². The number of benzene rings is 2. The lowest BCUT2D eigenvalue weighted by Crippen LogP contribution is -2.23. The maximum absolute atomic E-state index is 5.27. The van der Waals surface area contributed by atoms with E-state index in [2.05, 4.69) is 61.6 Å². The zero-order valence-electron chi connectivity index (χ0n) is 12.5. The van der Waals surface area contributed by atoms with Crippen molar-refractivity contribution in [3.05, 3.63) is 65.7 Å². The van der Waals surface area contributed by atoms with Gasteiger partial charge in [-0.2, -0.15) is 0 Å². The Bertz CT molecular complexity index is 524. The fourth-order valence-electron chi connectivity index (χ4n) is 2.28. The lowest BCUT2D eigenvalue weighted by molar-refractivity contribution is 0.413. The van der Waals surface area contributed by atoms with Gasteiger partial charge in [-0.1, -0.05) is 49.4 Å². The van der Waals surface area contributed by atoms with Crippen molar-refractivity contribution >= 4 is 0 Å². The molecule has 0 spiro atoms. The first-order valence-corrected chi connectivity index (χ1v) is 7.13. The van der Waals surface area contributed by atoms with E-state index in [9.17, 15) is 0 Å². The minimum Gasteiger partial charge on any atom is -0.497 e. The summed E-state index contributed by atoms with van der Waals surface area (Å²) in [4.78, 5) is 0. The van der Waals surface area contributed by atoms with Crippen LogP contribution in [0.15, 0.2) is 54.6 Å². The predicted molar refractivity (Wildman–Crippen MR) is 84.3 cm³/mol. The SMILES string of the molecule is COc1cccc([C@@H](C)NCC(C)c2ccccc2)c1. The van der Waals surface area contributed by atoms with Gasteiger partial charge < -0.3 is 10.1 Å². The van der Waals surface area contributed by atoms with E-state index in [0.29, 0.717) is 12.0 Å². The Morgan fingerprint density at radius 2 is 1.65 bits per heavy atom. The van der Waals surface area contributed by atoms with Gasteiger partial charge in [-0.05, 0) is 36.1 Å². The van der Waals surface area contributed by atoms with E-state index in [4.69, 9.17) is 4.74 Å². The molecule has 2 nitrogen and oxygen atoms in total. The summed E-state index contributed by atoms with van der Waals surface area (Å²) in [6.07, 6.45) is 0. The molecule has 2 aromatic carbocycles. The number of nitrogens with one attached hydrogen (secondary N) is 1. The summed E-state index contributed by atoms with van der Waals surface area (Å²) in [7, 11) is 1.70. The lowest BCUT2D eigenvalue weighted by Gasteiger charge is -2.19. The van der Waals surface area contributed by atoms with Gasteiger partial charge in [-0.15, -0.1) is 0 Å². The second-order valence-corrected chi connectivity index (χ2v) is 5.22. The van der Waals surface area contributed by atoms with Crippen LogP contribution in [0, 0.1) is 0 Å². The number of hydrogen-bond acceptors (Lipinski definition) is 2. The zero-order valence-corrected chi connectivity index (χ0v) is 12.5. The monoisotopic (exact) mass is 269 g/mol. The summed E-state index contributed by atoms with van der Waals surface area (Å²) in [6, 6.07) is 19.2. The molecule has 1 unspecified atom stereocenters. The van der Waals surface area contributed by atoms with Crippen LogP contribution >= 0.6 is 0 Å². The molecule has 0 heterocycles. The van der Waals surface area contributed by atoms with Gasteiger partial charge in [0.25, 0.3) is 0 Å². The Hall–Kier alpha value is -1.80. The molecule has 1 N–H and O–H groups in total. The predicted octanol–water partition coefficient (Wildman–Crippen LogP) is 4.15. The van der Waals surface area contributed by atoms with Crippen LogP contribution in [0.5, 0.6) is 5.75 Å². The molecule has 0 radical (unpaired) electrons. The summed E-state index contributed by atoms with van der Waals surface area (Å²) in [5.41, 5.74) is 2.63. The van der Waals surface area contributed by atoms with Gasteiger partial charge in [0.15, 0.2) is 0 Å². The molecule has 0 fully saturated rings. The van der Waals surface area contributed by atoms with E-state index in [0.717, 1.165) is 12.3 Å². The molecular formula is C18H23NO. The summed E-state index contributed by atoms with van der Waals surface area (Å²) in [6.45, 7) is 5.40. The Morgan fingerprint density at radius 1 is 0.950 bits per heavy atom. The van der Waals surface area contributed by atoms with Crippen LogP contribution in [0.4, 0.5) is 0 Å². The van der Waals surface area contributed by atoms with Gasteiger partial charge in [0, 0.05) is 12.6 Å². The summed E-state index contributed by atoms with van der Waals surface area (Å²) in [5.74, 6) is 1.41. The lowest BCUT2D eigenvalue weighted by atomic mass is 10.0. The molecule has 2 heteroatoms. The summed E-state index contributed by atoms with van der Waals surface area (Å²) >= 11 is 0. The first-order valence-electron chi connectivity index (χ1n) is 7.13. The molecule has 20 heavy (non-hydrogen) atoms. The molecule has 0 amide bonds. The van der Waals surface area contributed by atoms with Crippen molar-refractivity contribution in [1.29, 1.82) is 0 Å². The molecule has 106 valence electrons. The van der Waals surface area contributed by atoms with Crippen LogP contribution in [0.2, 0.25) is 0 Å². The van der Waals surface area contributed by atoms with Crippen molar-refractivity contribution in [2.75, 3.05) is 13.7 Å². The first-order chi connectivity index (χ1) is 9.70. The summed E-state index contributed by atoms with van der Waals surface area (Å²) in [5, 5.41) is 3.59. The summed E-state index contributed by atoms with van der Waals surface area (Å²) < 4.78 is 5.27. The van der Waals surface area contributed by atoms with Crippen LogP contribution in [0.25, 0.3) is 0 Å². The average molecular weight is 269 g/mol. The van der Waals surface area contributed by atoms with Crippen LogP contribution < -0.4 is 10.1 Å². The molecule has 0 bridgehead atoms. The molecule has 2 rings (SSSR count). The van der Waals surface area contributed by atoms with Gasteiger partial charge in [-0.3, -0.25) is 0 Å². The molecular weight excluding hydrogens is 246 g/mol. The van der Waals surface area contributed by atoms with Gasteiger partial charge in [0.05, 0.1) is 7.11 Å². The molecule has 2 atom stereocenters. The third-order valence-corrected chi connectivity index (χ3v) is 3.69. The normalized spacial score (nSPS) is 13.8. The largest absolute Gasteiger partial charge is 0.497 e. The maximum atomic E-state index is 5.27. The molecule has 0 aliphatic heterocycles. The van der Waals surface area contributed by atoms with Crippen LogP contribution in [-0.2, 0) is 0 Å². The molecule has 0 saturated carbocycles. The second-order valence-electron chi connectivity index (χ2n) is 5.22. The molecule has 2 aromatic rings. The average Bonchev–Trinajstić information content (AvgIpc) is 2.53. The van der Waals surface area contributed by atoms with E-state index < -0.39 is 0 Å². The number of rotatable bonds is 6. The van der Waals surface area contributed by atoms with Crippen molar-refractivity contribution in [2.45, 2.75) is 25.8 Å². The Balaban J connectivity index is 1.93. The van der Waals surface area contributed by atoms with Crippen molar-refractivity contribution in [2.24, 2.45) is 0 Å². The van der Waals surface area contributed by atoms with Gasteiger partial charge >= 0.3 is 0 Å². The highest BCUT2D eigenvalue weighted by molar-refractivity contribution is 5.30. The van der Waals surface area contributed by atoms with Gasteiger partial charge in [-0.25, -0.2) is 0 Å². The van der Waals surface area contributed by atoms with Gasteiger partial charge in [0.2, 0.25) is 0 Å². The van der Waals surface area contributed by atoms with Crippen LogP contribution in [-0.4, -0.2) is 13.7 Å². The highest BCUT2D eigenvalue weighted by atomic mass is 16.5. The Kier molecular flexibility index (Phi) is 5.19. The molecule has 0 aliphatic rings. The maximum Gasteiger partial charge on any atom is 0.119 e. The fraction of sp³-hybridized carbons (Fsp3) is 0.333. The van der Waals surface area contributed by atoms with Crippen molar-refractivity contribution < 1.29 is 4.74 Å². The van der Waals surface area contributed by atoms with Gasteiger partial charge in [0.1, 0.15) is 5.75 Å². The fourth-order valence-corrected chi connectivity index (χ4v) is 2.28. The highest BCUT2D eigenvalue weighted by Crippen LogP contribution is 2.20. The number of hydrogen-bond donors (Lipinski definition) is 1.